The van der Waals surface area contributed by atoms with Crippen LogP contribution in [0.1, 0.15) is 23.7 Å². The lowest BCUT2D eigenvalue weighted by atomic mass is 9.96. The van der Waals surface area contributed by atoms with Gasteiger partial charge in [-0.05, 0) is 24.6 Å². The molecule has 5 heteroatoms. The van der Waals surface area contributed by atoms with Crippen LogP contribution < -0.4 is 5.76 Å². The van der Waals surface area contributed by atoms with E-state index >= 15 is 0 Å². The molecule has 1 heterocycles. The maximum atomic E-state index is 12.0. The summed E-state index contributed by atoms with van der Waals surface area (Å²) >= 11 is 0. The molecule has 2 aromatic rings. The summed E-state index contributed by atoms with van der Waals surface area (Å²) in [5.41, 5.74) is 1.41. The number of hydrogen-bond donors (Lipinski definition) is 0. The number of benzene rings is 1. The second-order valence-corrected chi connectivity index (χ2v) is 4.06. The summed E-state index contributed by atoms with van der Waals surface area (Å²) in [6.45, 7) is 1.79. The van der Waals surface area contributed by atoms with Crippen LogP contribution in [0.3, 0.4) is 0 Å². The van der Waals surface area contributed by atoms with Gasteiger partial charge in [0.15, 0.2) is 11.4 Å². The van der Waals surface area contributed by atoms with E-state index in [-0.39, 0.29) is 5.78 Å². The number of fused-ring (bicyclic) bond motifs is 1. The van der Waals surface area contributed by atoms with E-state index in [1.54, 1.807) is 32.2 Å². The zero-order valence-electron chi connectivity index (χ0n) is 10.1. The van der Waals surface area contributed by atoms with Crippen molar-refractivity contribution in [2.45, 2.75) is 13.3 Å². The highest BCUT2D eigenvalue weighted by molar-refractivity contribution is 6.01. The van der Waals surface area contributed by atoms with E-state index in [9.17, 15) is 9.59 Å². The molecule has 0 radical (unpaired) electrons. The topological polar surface area (TPSA) is 76.0 Å². The predicted molar refractivity (Wildman–Crippen MR) is 65.2 cm³/mol. The van der Waals surface area contributed by atoms with Crippen LogP contribution in [0.4, 0.5) is 0 Å². The number of rotatable bonds is 3. The molecule has 0 saturated heterocycles. The first-order valence-corrected chi connectivity index (χ1v) is 5.62. The number of oxazole rings is 1. The van der Waals surface area contributed by atoms with Gasteiger partial charge in [0.05, 0.1) is 11.6 Å². The fraction of sp³-hybridized carbons (Fsp3) is 0.308. The van der Waals surface area contributed by atoms with Crippen molar-refractivity contribution in [2.75, 3.05) is 0 Å². The smallest absolute Gasteiger partial charge is 0.408 e. The van der Waals surface area contributed by atoms with E-state index in [2.05, 4.69) is 0 Å². The maximum absolute atomic E-state index is 12.0. The first-order chi connectivity index (χ1) is 8.58. The predicted octanol–water partition coefficient (Wildman–Crippen LogP) is 1.86. The second kappa shape index (κ2) is 4.49. The molecule has 1 aromatic carbocycles. The van der Waals surface area contributed by atoms with Gasteiger partial charge in [-0.15, -0.1) is 0 Å². The minimum Gasteiger partial charge on any atom is -0.408 e. The minimum atomic E-state index is -0.647. The molecule has 1 atom stereocenters. The Morgan fingerprint density at radius 1 is 1.56 bits per heavy atom. The number of nitriles is 1. The number of aryl methyl sites for hydroxylation is 1. The Hall–Kier alpha value is -2.35. The summed E-state index contributed by atoms with van der Waals surface area (Å²) in [6.07, 6.45) is 0.470. The van der Waals surface area contributed by atoms with Crippen LogP contribution in [-0.2, 0) is 7.05 Å². The summed E-state index contributed by atoms with van der Waals surface area (Å²) in [5, 5.41) is 8.89. The van der Waals surface area contributed by atoms with Crippen molar-refractivity contribution in [3.05, 3.63) is 34.3 Å². The van der Waals surface area contributed by atoms with Crippen LogP contribution in [0.2, 0.25) is 0 Å². The molecule has 0 aliphatic heterocycles. The van der Waals surface area contributed by atoms with Gasteiger partial charge in [-0.2, -0.15) is 5.26 Å². The second-order valence-electron chi connectivity index (χ2n) is 4.06. The number of ketones is 1. The summed E-state index contributed by atoms with van der Waals surface area (Å²) in [7, 11) is 1.57. The van der Waals surface area contributed by atoms with E-state index in [1.165, 1.54) is 4.57 Å². The number of nitrogens with zero attached hydrogens (tertiary/aromatic N) is 2. The van der Waals surface area contributed by atoms with Crippen LogP contribution in [0.5, 0.6) is 0 Å². The van der Waals surface area contributed by atoms with Gasteiger partial charge in [0.2, 0.25) is 0 Å². The van der Waals surface area contributed by atoms with Crippen molar-refractivity contribution < 1.29 is 9.21 Å². The van der Waals surface area contributed by atoms with E-state index in [0.717, 1.165) is 0 Å². The fourth-order valence-electron chi connectivity index (χ4n) is 1.82. The Kier molecular flexibility index (Phi) is 3.02. The first kappa shape index (κ1) is 12.1. The lowest BCUT2D eigenvalue weighted by molar-refractivity contribution is 0.0947. The zero-order chi connectivity index (χ0) is 13.3. The Morgan fingerprint density at radius 3 is 2.89 bits per heavy atom. The molecule has 0 amide bonds. The van der Waals surface area contributed by atoms with Crippen molar-refractivity contribution >= 4 is 16.9 Å². The third kappa shape index (κ3) is 1.82. The third-order valence-electron chi connectivity index (χ3n) is 2.96. The van der Waals surface area contributed by atoms with Crippen molar-refractivity contribution in [3.8, 4) is 6.07 Å². The molecular formula is C13H12N2O3. The standard InChI is InChI=1S/C13H12N2O3/c1-3-8(7-14)12(16)9-4-5-11-10(6-9)15(2)13(17)18-11/h4-6,8H,3H2,1-2H3. The molecule has 5 nitrogen and oxygen atoms in total. The number of hydrogen-bond acceptors (Lipinski definition) is 4. The van der Waals surface area contributed by atoms with Gasteiger partial charge < -0.3 is 4.42 Å². The van der Waals surface area contributed by atoms with Gasteiger partial charge in [0.25, 0.3) is 0 Å². The van der Waals surface area contributed by atoms with E-state index in [0.29, 0.717) is 23.1 Å². The van der Waals surface area contributed by atoms with Gasteiger partial charge in [-0.1, -0.05) is 6.92 Å². The Balaban J connectivity index is 2.54. The molecule has 0 bridgehead atoms. The average Bonchev–Trinajstić information content (AvgIpc) is 2.66. The van der Waals surface area contributed by atoms with E-state index < -0.39 is 11.7 Å². The Labute approximate surface area is 103 Å². The van der Waals surface area contributed by atoms with Gasteiger partial charge >= 0.3 is 5.76 Å². The molecule has 0 aliphatic carbocycles. The van der Waals surface area contributed by atoms with Gasteiger partial charge in [-0.25, -0.2) is 4.79 Å². The number of aromatic nitrogens is 1. The normalized spacial score (nSPS) is 12.3. The molecule has 0 fully saturated rings. The maximum Gasteiger partial charge on any atom is 0.419 e. The van der Waals surface area contributed by atoms with E-state index in [4.69, 9.17) is 9.68 Å². The molecule has 0 saturated carbocycles. The molecular weight excluding hydrogens is 232 g/mol. The van der Waals surface area contributed by atoms with Crippen LogP contribution in [-0.4, -0.2) is 10.4 Å². The Bertz CT molecular complexity index is 703. The SMILES string of the molecule is CCC(C#N)C(=O)c1ccc2oc(=O)n(C)c2c1. The molecule has 0 N–H and O–H groups in total. The van der Waals surface area contributed by atoms with Crippen molar-refractivity contribution in [2.24, 2.45) is 13.0 Å². The number of Topliss-reactive ketones (excluding diaryl/α,β-unsaturated/α-hetero) is 1. The summed E-state index contributed by atoms with van der Waals surface area (Å²) in [4.78, 5) is 23.4. The highest BCUT2D eigenvalue weighted by Crippen LogP contribution is 2.18. The molecule has 92 valence electrons. The minimum absolute atomic E-state index is 0.226. The molecule has 2 rings (SSSR count). The van der Waals surface area contributed by atoms with Gasteiger partial charge in [0, 0.05) is 12.6 Å². The van der Waals surface area contributed by atoms with Gasteiger partial charge in [-0.3, -0.25) is 9.36 Å². The molecule has 1 unspecified atom stereocenters. The number of carbonyl (C=O) groups is 1. The average molecular weight is 244 g/mol. The lowest BCUT2D eigenvalue weighted by Gasteiger charge is -2.04. The van der Waals surface area contributed by atoms with Crippen LogP contribution in [0.15, 0.2) is 27.4 Å². The third-order valence-corrected chi connectivity index (χ3v) is 2.96. The monoisotopic (exact) mass is 244 g/mol. The van der Waals surface area contributed by atoms with Crippen LogP contribution in [0.25, 0.3) is 11.1 Å². The van der Waals surface area contributed by atoms with Crippen molar-refractivity contribution in [3.63, 3.8) is 0 Å². The molecule has 1 aromatic heterocycles. The van der Waals surface area contributed by atoms with Crippen molar-refractivity contribution in [1.82, 2.24) is 4.57 Å². The zero-order valence-corrected chi connectivity index (χ0v) is 10.1. The Morgan fingerprint density at radius 2 is 2.28 bits per heavy atom. The fourth-order valence-corrected chi connectivity index (χ4v) is 1.82. The number of carbonyl (C=O) groups excluding carboxylic acids is 1. The largest absolute Gasteiger partial charge is 0.419 e. The first-order valence-electron chi connectivity index (χ1n) is 5.62. The van der Waals surface area contributed by atoms with Crippen LogP contribution >= 0.6 is 0 Å². The highest BCUT2D eigenvalue weighted by atomic mass is 16.4. The lowest BCUT2D eigenvalue weighted by Crippen LogP contribution is -2.12. The van der Waals surface area contributed by atoms with Gasteiger partial charge in [0.1, 0.15) is 5.92 Å². The van der Waals surface area contributed by atoms with Crippen molar-refractivity contribution in [1.29, 1.82) is 5.26 Å². The quantitative estimate of drug-likeness (QED) is 0.772. The van der Waals surface area contributed by atoms with E-state index in [1.807, 2.05) is 6.07 Å². The summed E-state index contributed by atoms with van der Waals surface area (Å²) in [5.74, 6) is -1.34. The molecule has 0 aliphatic rings. The summed E-state index contributed by atoms with van der Waals surface area (Å²) < 4.78 is 6.31. The molecule has 18 heavy (non-hydrogen) atoms. The summed E-state index contributed by atoms with van der Waals surface area (Å²) in [6, 6.07) is 6.72. The molecule has 0 spiro atoms. The highest BCUT2D eigenvalue weighted by Gasteiger charge is 2.19. The van der Waals surface area contributed by atoms with Crippen LogP contribution in [0, 0.1) is 17.2 Å².